The van der Waals surface area contributed by atoms with Gasteiger partial charge in [-0.15, -0.1) is 0 Å². The minimum absolute atomic E-state index is 0.290. The Morgan fingerprint density at radius 3 is 3.07 bits per heavy atom. The first-order valence-electron chi connectivity index (χ1n) is 4.64. The third kappa shape index (κ3) is 1.73. The first-order chi connectivity index (χ1) is 7.24. The van der Waals surface area contributed by atoms with Gasteiger partial charge in [-0.25, -0.2) is 4.39 Å². The number of rotatable bonds is 0. The average Bonchev–Trinajstić information content (AvgIpc) is 2.61. The Morgan fingerprint density at radius 1 is 1.53 bits per heavy atom. The first-order valence-corrected chi connectivity index (χ1v) is 5.16. The summed E-state index contributed by atoms with van der Waals surface area (Å²) in [6.07, 6.45) is 2.23. The highest BCUT2D eigenvalue weighted by Crippen LogP contribution is 2.21. The van der Waals surface area contributed by atoms with Gasteiger partial charge < -0.3 is 0 Å². The summed E-state index contributed by atoms with van der Waals surface area (Å²) in [5, 5.41) is 4.48. The molecule has 1 aromatic carbocycles. The molecule has 0 aliphatic heterocycles. The minimum atomic E-state index is -0.290. The lowest BCUT2D eigenvalue weighted by molar-refractivity contribution is 0.636. The van der Waals surface area contributed by atoms with Gasteiger partial charge in [0.2, 0.25) is 0 Å². The summed E-state index contributed by atoms with van der Waals surface area (Å²) in [4.78, 5) is 0. The van der Waals surface area contributed by atoms with Crippen LogP contribution in [-0.4, -0.2) is 9.55 Å². The Balaban J connectivity index is 2.65. The zero-order valence-corrected chi connectivity index (χ0v) is 9.44. The summed E-state index contributed by atoms with van der Waals surface area (Å²) in [5.74, 6) is 5.36. The Kier molecular flexibility index (Phi) is 2.70. The van der Waals surface area contributed by atoms with Gasteiger partial charge in [-0.05, 0) is 21.5 Å². The van der Waals surface area contributed by atoms with E-state index in [0.717, 1.165) is 11.9 Å². The topological polar surface area (TPSA) is 17.8 Å². The van der Waals surface area contributed by atoms with Crippen LogP contribution >= 0.6 is 9.39 Å². The molecule has 2 aromatic rings. The Labute approximate surface area is 89.7 Å². The van der Waals surface area contributed by atoms with E-state index < -0.39 is 0 Å². The fraction of sp³-hybridized carbons (Fsp3) is 0.182. The van der Waals surface area contributed by atoms with E-state index in [9.17, 15) is 4.39 Å². The molecular formula is C11H10FN2P. The van der Waals surface area contributed by atoms with Gasteiger partial charge in [-0.3, -0.25) is 4.45 Å². The molecule has 1 atom stereocenters. The SMILES string of the molecule is CCC#Cc1ccc2c(cnn2P)c1F. The van der Waals surface area contributed by atoms with Crippen molar-refractivity contribution in [1.29, 1.82) is 0 Å². The zero-order chi connectivity index (χ0) is 10.8. The molecule has 0 N–H and O–H groups in total. The molecular weight excluding hydrogens is 210 g/mol. The maximum atomic E-state index is 13.8. The van der Waals surface area contributed by atoms with Gasteiger partial charge in [-0.2, -0.15) is 5.10 Å². The molecule has 2 rings (SSSR count). The lowest BCUT2D eigenvalue weighted by Crippen LogP contribution is -1.86. The molecule has 4 heteroatoms. The van der Waals surface area contributed by atoms with Crippen LogP contribution in [0.3, 0.4) is 0 Å². The Bertz CT molecular complexity index is 563. The summed E-state index contributed by atoms with van der Waals surface area (Å²) < 4.78 is 15.4. The molecule has 1 unspecified atom stereocenters. The van der Waals surface area contributed by atoms with Crippen molar-refractivity contribution < 1.29 is 4.39 Å². The number of benzene rings is 1. The molecule has 0 aliphatic carbocycles. The van der Waals surface area contributed by atoms with Crippen LogP contribution in [0.25, 0.3) is 10.9 Å². The second-order valence-corrected chi connectivity index (χ2v) is 3.59. The van der Waals surface area contributed by atoms with Crippen molar-refractivity contribution in [2.24, 2.45) is 0 Å². The lowest BCUT2D eigenvalue weighted by atomic mass is 10.1. The number of halogens is 1. The van der Waals surface area contributed by atoms with Crippen molar-refractivity contribution in [3.63, 3.8) is 0 Å². The normalized spacial score (nSPS) is 10.1. The smallest absolute Gasteiger partial charge is 0.149 e. The Morgan fingerprint density at radius 2 is 2.33 bits per heavy atom. The van der Waals surface area contributed by atoms with E-state index >= 15 is 0 Å². The maximum absolute atomic E-state index is 13.8. The molecule has 2 nitrogen and oxygen atoms in total. The molecule has 0 radical (unpaired) electrons. The van der Waals surface area contributed by atoms with E-state index in [0.29, 0.717) is 10.9 Å². The van der Waals surface area contributed by atoms with Crippen molar-refractivity contribution in [2.75, 3.05) is 0 Å². The van der Waals surface area contributed by atoms with Crippen molar-refractivity contribution >= 4 is 20.3 Å². The summed E-state index contributed by atoms with van der Waals surface area (Å²) in [6.45, 7) is 1.93. The third-order valence-corrected chi connectivity index (χ3v) is 2.53. The average molecular weight is 220 g/mol. The van der Waals surface area contributed by atoms with Crippen LogP contribution in [0.15, 0.2) is 18.3 Å². The molecule has 76 valence electrons. The number of aromatic nitrogens is 2. The lowest BCUT2D eigenvalue weighted by Gasteiger charge is -1.97. The molecule has 0 saturated carbocycles. The summed E-state index contributed by atoms with van der Waals surface area (Å²) in [7, 11) is 2.41. The van der Waals surface area contributed by atoms with Gasteiger partial charge >= 0.3 is 0 Å². The van der Waals surface area contributed by atoms with Gasteiger partial charge in [0.15, 0.2) is 0 Å². The van der Waals surface area contributed by atoms with Gasteiger partial charge in [0.05, 0.1) is 22.7 Å². The van der Waals surface area contributed by atoms with Gasteiger partial charge in [0, 0.05) is 6.42 Å². The van der Waals surface area contributed by atoms with Crippen LogP contribution in [0.2, 0.25) is 0 Å². The largest absolute Gasteiger partial charge is 0.251 e. The van der Waals surface area contributed by atoms with E-state index in [1.165, 1.54) is 6.20 Å². The summed E-state index contributed by atoms with van der Waals surface area (Å²) in [6, 6.07) is 3.50. The van der Waals surface area contributed by atoms with E-state index in [4.69, 9.17) is 0 Å². The third-order valence-electron chi connectivity index (χ3n) is 2.11. The van der Waals surface area contributed by atoms with E-state index in [-0.39, 0.29) is 5.82 Å². The first kappa shape index (κ1) is 10.1. The van der Waals surface area contributed by atoms with Crippen molar-refractivity contribution in [1.82, 2.24) is 9.55 Å². The molecule has 0 amide bonds. The van der Waals surface area contributed by atoms with E-state index in [1.807, 2.05) is 13.0 Å². The molecule has 0 saturated heterocycles. The van der Waals surface area contributed by atoms with Crippen LogP contribution in [0, 0.1) is 17.7 Å². The standard InChI is InChI=1S/C11H10FN2P/c1-2-3-4-8-5-6-10-9(11(8)12)7-13-14(10)15/h5-7H,2,15H2,1H3. The Hall–Kier alpha value is -1.39. The summed E-state index contributed by atoms with van der Waals surface area (Å²) in [5.41, 5.74) is 1.18. The number of fused-ring (bicyclic) bond motifs is 1. The molecule has 1 heterocycles. The fourth-order valence-corrected chi connectivity index (χ4v) is 1.66. The van der Waals surface area contributed by atoms with Gasteiger partial charge in [0.1, 0.15) is 5.82 Å². The summed E-state index contributed by atoms with van der Waals surface area (Å²) >= 11 is 0. The molecule has 1 aromatic heterocycles. The molecule has 15 heavy (non-hydrogen) atoms. The second kappa shape index (κ2) is 4.00. The van der Waals surface area contributed by atoms with Crippen LogP contribution in [0.1, 0.15) is 18.9 Å². The quantitative estimate of drug-likeness (QED) is 0.493. The zero-order valence-electron chi connectivity index (χ0n) is 8.29. The van der Waals surface area contributed by atoms with E-state index in [2.05, 4.69) is 26.3 Å². The van der Waals surface area contributed by atoms with Gasteiger partial charge in [-0.1, -0.05) is 18.8 Å². The van der Waals surface area contributed by atoms with Crippen LogP contribution < -0.4 is 0 Å². The highest BCUT2D eigenvalue weighted by molar-refractivity contribution is 7.14. The monoisotopic (exact) mass is 220 g/mol. The highest BCUT2D eigenvalue weighted by atomic mass is 31.0. The second-order valence-electron chi connectivity index (χ2n) is 3.10. The maximum Gasteiger partial charge on any atom is 0.149 e. The van der Waals surface area contributed by atoms with Gasteiger partial charge in [0.25, 0.3) is 0 Å². The molecule has 0 aliphatic rings. The van der Waals surface area contributed by atoms with Crippen LogP contribution in [0.5, 0.6) is 0 Å². The van der Waals surface area contributed by atoms with Crippen LogP contribution in [0.4, 0.5) is 4.39 Å². The fourth-order valence-electron chi connectivity index (χ4n) is 1.37. The molecule has 0 bridgehead atoms. The van der Waals surface area contributed by atoms with Crippen molar-refractivity contribution in [3.8, 4) is 11.8 Å². The number of hydrogen-bond donors (Lipinski definition) is 0. The van der Waals surface area contributed by atoms with E-state index in [1.54, 1.807) is 10.5 Å². The predicted molar refractivity (Wildman–Crippen MR) is 62.0 cm³/mol. The van der Waals surface area contributed by atoms with Crippen molar-refractivity contribution in [2.45, 2.75) is 13.3 Å². The number of nitrogens with zero attached hydrogens (tertiary/aromatic N) is 2. The molecule has 0 fully saturated rings. The van der Waals surface area contributed by atoms with Crippen LogP contribution in [-0.2, 0) is 0 Å². The number of hydrogen-bond acceptors (Lipinski definition) is 1. The van der Waals surface area contributed by atoms with Crippen molar-refractivity contribution in [3.05, 3.63) is 29.7 Å². The molecule has 0 spiro atoms. The predicted octanol–water partition coefficient (Wildman–Crippen LogP) is 2.58. The highest BCUT2D eigenvalue weighted by Gasteiger charge is 2.08. The minimum Gasteiger partial charge on any atom is -0.251 e.